The molecular weight excluding hydrogens is 230 g/mol. The Labute approximate surface area is 107 Å². The van der Waals surface area contributed by atoms with E-state index < -0.39 is 0 Å². The van der Waals surface area contributed by atoms with Crippen LogP contribution in [0.2, 0.25) is 0 Å². The number of nitrogens with one attached hydrogen (secondary N) is 2. The minimum Gasteiger partial charge on any atom is -0.352 e. The maximum atomic E-state index is 12.1. The molecule has 3 fully saturated rings. The molecule has 0 bridgehead atoms. The molecule has 2 amide bonds. The molecule has 1 atom stereocenters. The van der Waals surface area contributed by atoms with E-state index in [4.69, 9.17) is 0 Å². The van der Waals surface area contributed by atoms with Crippen LogP contribution in [0.25, 0.3) is 0 Å². The molecule has 3 aliphatic rings. The van der Waals surface area contributed by atoms with Crippen molar-refractivity contribution in [1.29, 1.82) is 0 Å². The first-order chi connectivity index (χ1) is 8.74. The van der Waals surface area contributed by atoms with Crippen LogP contribution >= 0.6 is 0 Å². The van der Waals surface area contributed by atoms with Crippen molar-refractivity contribution < 1.29 is 9.59 Å². The first-order valence-corrected chi connectivity index (χ1v) is 7.07. The summed E-state index contributed by atoms with van der Waals surface area (Å²) in [5, 5.41) is 6.23. The highest BCUT2D eigenvalue weighted by Crippen LogP contribution is 2.23. The number of carbonyl (C=O) groups is 2. The van der Waals surface area contributed by atoms with E-state index in [-0.39, 0.29) is 17.9 Å². The third-order valence-electron chi connectivity index (χ3n) is 3.92. The van der Waals surface area contributed by atoms with Crippen LogP contribution < -0.4 is 10.6 Å². The fourth-order valence-corrected chi connectivity index (χ4v) is 2.48. The van der Waals surface area contributed by atoms with Crippen LogP contribution in [0.15, 0.2) is 0 Å². The van der Waals surface area contributed by atoms with Gasteiger partial charge in [0, 0.05) is 18.6 Å². The van der Waals surface area contributed by atoms with Crippen molar-refractivity contribution in [3.63, 3.8) is 0 Å². The van der Waals surface area contributed by atoms with Crippen molar-refractivity contribution >= 4 is 11.8 Å². The molecule has 0 aromatic carbocycles. The molecule has 0 radical (unpaired) electrons. The molecule has 0 aromatic heterocycles. The number of amides is 2. The fraction of sp³-hybridized carbons (Fsp3) is 0.846. The van der Waals surface area contributed by atoms with Crippen LogP contribution in [0.1, 0.15) is 38.5 Å². The van der Waals surface area contributed by atoms with E-state index in [0.29, 0.717) is 18.6 Å². The Bertz CT molecular complexity index is 350. The van der Waals surface area contributed by atoms with Gasteiger partial charge in [-0.15, -0.1) is 0 Å². The van der Waals surface area contributed by atoms with E-state index in [0.717, 1.165) is 32.2 Å². The molecule has 0 aromatic rings. The molecule has 18 heavy (non-hydrogen) atoms. The Kier molecular flexibility index (Phi) is 3.24. The van der Waals surface area contributed by atoms with E-state index in [2.05, 4.69) is 10.6 Å². The summed E-state index contributed by atoms with van der Waals surface area (Å²) in [7, 11) is 0. The molecular formula is C13H21N3O2. The van der Waals surface area contributed by atoms with Gasteiger partial charge in [-0.2, -0.15) is 0 Å². The summed E-state index contributed by atoms with van der Waals surface area (Å²) in [5.41, 5.74) is 0. The zero-order valence-corrected chi connectivity index (χ0v) is 10.7. The van der Waals surface area contributed by atoms with Gasteiger partial charge >= 0.3 is 0 Å². The third kappa shape index (κ3) is 2.83. The number of nitrogens with zero attached hydrogens (tertiary/aromatic N) is 1. The van der Waals surface area contributed by atoms with Crippen molar-refractivity contribution in [2.75, 3.05) is 13.1 Å². The maximum absolute atomic E-state index is 12.1. The van der Waals surface area contributed by atoms with Crippen molar-refractivity contribution in [1.82, 2.24) is 15.5 Å². The zero-order valence-electron chi connectivity index (χ0n) is 10.7. The summed E-state index contributed by atoms with van der Waals surface area (Å²) in [6.45, 7) is 1.12. The van der Waals surface area contributed by atoms with Gasteiger partial charge in [-0.3, -0.25) is 9.59 Å². The van der Waals surface area contributed by atoms with Gasteiger partial charge in [0.2, 0.25) is 11.8 Å². The first kappa shape index (κ1) is 12.0. The van der Waals surface area contributed by atoms with Crippen LogP contribution in [0.4, 0.5) is 0 Å². The highest BCUT2D eigenvalue weighted by molar-refractivity contribution is 5.89. The van der Waals surface area contributed by atoms with Gasteiger partial charge in [-0.1, -0.05) is 0 Å². The molecule has 1 unspecified atom stereocenters. The highest BCUT2D eigenvalue weighted by Gasteiger charge is 2.36. The second-order valence-electron chi connectivity index (χ2n) is 5.68. The van der Waals surface area contributed by atoms with Crippen molar-refractivity contribution in [3.05, 3.63) is 0 Å². The monoisotopic (exact) mass is 251 g/mol. The topological polar surface area (TPSA) is 61.4 Å². The molecule has 3 rings (SSSR count). The quantitative estimate of drug-likeness (QED) is 0.723. The molecule has 2 aliphatic carbocycles. The predicted molar refractivity (Wildman–Crippen MR) is 66.9 cm³/mol. The molecule has 1 aliphatic heterocycles. The van der Waals surface area contributed by atoms with Crippen molar-refractivity contribution in [3.8, 4) is 0 Å². The molecule has 5 heteroatoms. The zero-order chi connectivity index (χ0) is 12.5. The Morgan fingerprint density at radius 2 is 1.78 bits per heavy atom. The molecule has 2 N–H and O–H groups in total. The summed E-state index contributed by atoms with van der Waals surface area (Å²) >= 11 is 0. The molecule has 0 spiro atoms. The second kappa shape index (κ2) is 4.88. The number of hydrogen-bond donors (Lipinski definition) is 2. The van der Waals surface area contributed by atoms with Crippen LogP contribution in [0, 0.1) is 0 Å². The van der Waals surface area contributed by atoms with Gasteiger partial charge in [0.05, 0.1) is 6.54 Å². The molecule has 5 nitrogen and oxygen atoms in total. The van der Waals surface area contributed by atoms with E-state index in [9.17, 15) is 9.59 Å². The third-order valence-corrected chi connectivity index (χ3v) is 3.92. The lowest BCUT2D eigenvalue weighted by molar-refractivity contribution is -0.137. The van der Waals surface area contributed by atoms with Gasteiger partial charge < -0.3 is 15.5 Å². The number of likely N-dealkylation sites (tertiary alicyclic amines) is 1. The summed E-state index contributed by atoms with van der Waals surface area (Å²) in [6.07, 6.45) is 6.30. The van der Waals surface area contributed by atoms with Crippen LogP contribution in [0.3, 0.4) is 0 Å². The molecule has 100 valence electrons. The Morgan fingerprint density at radius 3 is 2.44 bits per heavy atom. The summed E-state index contributed by atoms with van der Waals surface area (Å²) in [6, 6.07) is 0.689. The van der Waals surface area contributed by atoms with Gasteiger partial charge in [0.15, 0.2) is 0 Å². The van der Waals surface area contributed by atoms with Gasteiger partial charge in [0.25, 0.3) is 0 Å². The van der Waals surface area contributed by atoms with E-state index >= 15 is 0 Å². The summed E-state index contributed by atoms with van der Waals surface area (Å²) in [4.78, 5) is 25.9. The van der Waals surface area contributed by atoms with Gasteiger partial charge in [-0.25, -0.2) is 0 Å². The molecule has 2 saturated carbocycles. The largest absolute Gasteiger partial charge is 0.352 e. The van der Waals surface area contributed by atoms with E-state index in [1.807, 2.05) is 0 Å². The number of carbonyl (C=O) groups excluding carboxylic acids is 2. The average molecular weight is 251 g/mol. The lowest BCUT2D eigenvalue weighted by Gasteiger charge is -2.24. The predicted octanol–water partition coefficient (Wildman–Crippen LogP) is 0.00800. The van der Waals surface area contributed by atoms with Crippen LogP contribution in [-0.4, -0.2) is 47.9 Å². The molecule has 1 saturated heterocycles. The Morgan fingerprint density at radius 1 is 1.06 bits per heavy atom. The minimum atomic E-state index is -0.223. The highest BCUT2D eigenvalue weighted by atomic mass is 16.2. The second-order valence-corrected chi connectivity index (χ2v) is 5.68. The Hall–Kier alpha value is -1.10. The summed E-state index contributed by atoms with van der Waals surface area (Å²) < 4.78 is 0. The van der Waals surface area contributed by atoms with Gasteiger partial charge in [0.1, 0.15) is 6.04 Å². The van der Waals surface area contributed by atoms with Gasteiger partial charge in [-0.05, 0) is 38.5 Å². The lowest BCUT2D eigenvalue weighted by Crippen LogP contribution is -2.49. The Balaban J connectivity index is 1.51. The normalized spacial score (nSPS) is 27.3. The summed E-state index contributed by atoms with van der Waals surface area (Å²) in [5.74, 6) is 0.130. The first-order valence-electron chi connectivity index (χ1n) is 7.07. The fourth-order valence-electron chi connectivity index (χ4n) is 2.48. The SMILES string of the molecule is O=C(NC1CC1)C1CCCN1C(=O)CNC1CC1. The average Bonchev–Trinajstić information content (AvgIpc) is 3.27. The number of hydrogen-bond acceptors (Lipinski definition) is 3. The van der Waals surface area contributed by atoms with E-state index in [1.165, 1.54) is 12.8 Å². The lowest BCUT2D eigenvalue weighted by atomic mass is 10.2. The standard InChI is InChI=1S/C13H21N3O2/c17-12(8-14-9-3-4-9)16-7-1-2-11(16)13(18)15-10-5-6-10/h9-11,14H,1-8H2,(H,15,18). The molecule has 1 heterocycles. The van der Waals surface area contributed by atoms with E-state index in [1.54, 1.807) is 4.90 Å². The minimum absolute atomic E-state index is 0.0507. The number of rotatable bonds is 5. The smallest absolute Gasteiger partial charge is 0.243 e. The van der Waals surface area contributed by atoms with Crippen LogP contribution in [0.5, 0.6) is 0 Å². The van der Waals surface area contributed by atoms with Crippen molar-refractivity contribution in [2.45, 2.75) is 56.7 Å². The maximum Gasteiger partial charge on any atom is 0.243 e. The van der Waals surface area contributed by atoms with Crippen LogP contribution in [-0.2, 0) is 9.59 Å². The van der Waals surface area contributed by atoms with Crippen molar-refractivity contribution in [2.24, 2.45) is 0 Å².